The third-order valence-electron chi connectivity index (χ3n) is 2.87. The number of carboxylic acid groups (broad SMARTS) is 1. The van der Waals surface area contributed by atoms with Crippen molar-refractivity contribution in [3.05, 3.63) is 64.6 Å². The summed E-state index contributed by atoms with van der Waals surface area (Å²) in [5.74, 6) is -1.39. The highest BCUT2D eigenvalue weighted by molar-refractivity contribution is 9.10. The zero-order valence-corrected chi connectivity index (χ0v) is 11.8. The molecular weight excluding hydrogens is 306 g/mol. The van der Waals surface area contributed by atoms with E-state index < -0.39 is 11.9 Å². The first kappa shape index (κ1) is 13.6. The SMILES string of the molecule is O=C(O)C(CNc1ccccc1Br)c1ccccc1. The van der Waals surface area contributed by atoms with E-state index in [2.05, 4.69) is 21.2 Å². The summed E-state index contributed by atoms with van der Waals surface area (Å²) in [5.41, 5.74) is 1.69. The second-order valence-electron chi connectivity index (χ2n) is 4.16. The van der Waals surface area contributed by atoms with Crippen molar-refractivity contribution in [1.82, 2.24) is 0 Å². The predicted octanol–water partition coefficient (Wildman–Crippen LogP) is 3.73. The lowest BCUT2D eigenvalue weighted by Gasteiger charge is -2.15. The van der Waals surface area contributed by atoms with Crippen LogP contribution in [0, 0.1) is 0 Å². The molecule has 2 rings (SSSR count). The maximum Gasteiger partial charge on any atom is 0.312 e. The van der Waals surface area contributed by atoms with Crippen LogP contribution >= 0.6 is 15.9 Å². The lowest BCUT2D eigenvalue weighted by molar-refractivity contribution is -0.138. The largest absolute Gasteiger partial charge is 0.481 e. The minimum Gasteiger partial charge on any atom is -0.481 e. The molecule has 98 valence electrons. The number of rotatable bonds is 5. The fourth-order valence-electron chi connectivity index (χ4n) is 1.85. The maximum atomic E-state index is 11.4. The second-order valence-corrected chi connectivity index (χ2v) is 5.02. The number of benzene rings is 2. The molecule has 0 heterocycles. The van der Waals surface area contributed by atoms with E-state index in [1.807, 2.05) is 54.6 Å². The van der Waals surface area contributed by atoms with E-state index in [-0.39, 0.29) is 0 Å². The summed E-state index contributed by atoms with van der Waals surface area (Å²) in [6.07, 6.45) is 0. The third-order valence-corrected chi connectivity index (χ3v) is 3.56. The van der Waals surface area contributed by atoms with Gasteiger partial charge in [0.25, 0.3) is 0 Å². The van der Waals surface area contributed by atoms with Gasteiger partial charge in [0, 0.05) is 16.7 Å². The van der Waals surface area contributed by atoms with Crippen molar-refractivity contribution in [2.45, 2.75) is 5.92 Å². The summed E-state index contributed by atoms with van der Waals surface area (Å²) in [4.78, 5) is 11.4. The Kier molecular flexibility index (Phi) is 4.58. The Bertz CT molecular complexity index is 557. The van der Waals surface area contributed by atoms with Crippen LogP contribution < -0.4 is 5.32 Å². The Morgan fingerprint density at radius 1 is 1.11 bits per heavy atom. The van der Waals surface area contributed by atoms with Crippen molar-refractivity contribution >= 4 is 27.6 Å². The van der Waals surface area contributed by atoms with Gasteiger partial charge >= 0.3 is 5.97 Å². The minimum absolute atomic E-state index is 0.349. The molecule has 0 aliphatic rings. The minimum atomic E-state index is -0.828. The van der Waals surface area contributed by atoms with Crippen molar-refractivity contribution in [2.75, 3.05) is 11.9 Å². The molecule has 1 unspecified atom stereocenters. The highest BCUT2D eigenvalue weighted by Gasteiger charge is 2.19. The number of carbonyl (C=O) groups is 1. The van der Waals surface area contributed by atoms with Crippen LogP contribution in [0.5, 0.6) is 0 Å². The summed E-state index contributed by atoms with van der Waals surface area (Å²) < 4.78 is 0.923. The molecule has 1 atom stereocenters. The first-order valence-corrected chi connectivity index (χ1v) is 6.74. The highest BCUT2D eigenvalue weighted by Crippen LogP contribution is 2.23. The summed E-state index contributed by atoms with van der Waals surface area (Å²) in [7, 11) is 0. The highest BCUT2D eigenvalue weighted by atomic mass is 79.9. The summed E-state index contributed by atoms with van der Waals surface area (Å²) in [6.45, 7) is 0.349. The van der Waals surface area contributed by atoms with Gasteiger partial charge in [-0.1, -0.05) is 42.5 Å². The zero-order valence-electron chi connectivity index (χ0n) is 10.2. The van der Waals surface area contributed by atoms with E-state index in [1.54, 1.807) is 0 Å². The Labute approximate surface area is 120 Å². The summed E-state index contributed by atoms with van der Waals surface area (Å²) in [5, 5.41) is 12.5. The molecule has 0 aromatic heterocycles. The van der Waals surface area contributed by atoms with Crippen LogP contribution in [0.3, 0.4) is 0 Å². The number of halogens is 1. The molecule has 0 radical (unpaired) electrons. The molecule has 0 spiro atoms. The van der Waals surface area contributed by atoms with Gasteiger partial charge in [-0.25, -0.2) is 0 Å². The first-order chi connectivity index (χ1) is 9.18. The van der Waals surface area contributed by atoms with E-state index in [4.69, 9.17) is 0 Å². The number of nitrogens with one attached hydrogen (secondary N) is 1. The lowest BCUT2D eigenvalue weighted by atomic mass is 9.99. The third kappa shape index (κ3) is 3.58. The average molecular weight is 320 g/mol. The summed E-state index contributed by atoms with van der Waals surface area (Å²) >= 11 is 3.43. The van der Waals surface area contributed by atoms with Crippen molar-refractivity contribution in [1.29, 1.82) is 0 Å². The molecule has 2 N–H and O–H groups in total. The van der Waals surface area contributed by atoms with Crippen LogP contribution in [0.4, 0.5) is 5.69 Å². The molecule has 0 saturated carbocycles. The Balaban J connectivity index is 2.11. The Morgan fingerprint density at radius 3 is 2.37 bits per heavy atom. The summed E-state index contributed by atoms with van der Waals surface area (Å²) in [6, 6.07) is 16.9. The molecule has 0 fully saturated rings. The Morgan fingerprint density at radius 2 is 1.74 bits per heavy atom. The van der Waals surface area contributed by atoms with Gasteiger partial charge in [-0.05, 0) is 33.6 Å². The quantitative estimate of drug-likeness (QED) is 0.882. The zero-order chi connectivity index (χ0) is 13.7. The number of anilines is 1. The van der Waals surface area contributed by atoms with Gasteiger partial charge in [0.15, 0.2) is 0 Å². The number of hydrogen-bond donors (Lipinski definition) is 2. The monoisotopic (exact) mass is 319 g/mol. The molecule has 0 aliphatic heterocycles. The molecule has 0 amide bonds. The van der Waals surface area contributed by atoms with Crippen LogP contribution in [-0.2, 0) is 4.79 Å². The number of aliphatic carboxylic acids is 1. The fraction of sp³-hybridized carbons (Fsp3) is 0.133. The van der Waals surface area contributed by atoms with Crippen LogP contribution in [0.2, 0.25) is 0 Å². The van der Waals surface area contributed by atoms with Gasteiger partial charge in [0.2, 0.25) is 0 Å². The normalized spacial score (nSPS) is 11.8. The van der Waals surface area contributed by atoms with Gasteiger partial charge in [0.1, 0.15) is 0 Å². The molecule has 0 saturated heterocycles. The van der Waals surface area contributed by atoms with Gasteiger partial charge in [-0.2, -0.15) is 0 Å². The van der Waals surface area contributed by atoms with Gasteiger partial charge in [0.05, 0.1) is 5.92 Å². The van der Waals surface area contributed by atoms with Gasteiger partial charge in [-0.15, -0.1) is 0 Å². The van der Waals surface area contributed by atoms with Crippen LogP contribution in [0.25, 0.3) is 0 Å². The van der Waals surface area contributed by atoms with E-state index in [1.165, 1.54) is 0 Å². The van der Waals surface area contributed by atoms with Crippen molar-refractivity contribution in [3.63, 3.8) is 0 Å². The number of hydrogen-bond acceptors (Lipinski definition) is 2. The molecule has 2 aromatic rings. The second kappa shape index (κ2) is 6.38. The predicted molar refractivity (Wildman–Crippen MR) is 79.5 cm³/mol. The Hall–Kier alpha value is -1.81. The van der Waals surface area contributed by atoms with E-state index >= 15 is 0 Å². The molecule has 4 heteroatoms. The van der Waals surface area contributed by atoms with Gasteiger partial charge < -0.3 is 10.4 Å². The maximum absolute atomic E-state index is 11.4. The van der Waals surface area contributed by atoms with E-state index in [0.717, 1.165) is 15.7 Å². The smallest absolute Gasteiger partial charge is 0.312 e. The number of carboxylic acids is 1. The van der Waals surface area contributed by atoms with Crippen molar-refractivity contribution in [3.8, 4) is 0 Å². The van der Waals surface area contributed by atoms with E-state index in [9.17, 15) is 9.90 Å². The lowest BCUT2D eigenvalue weighted by Crippen LogP contribution is -2.21. The van der Waals surface area contributed by atoms with Crippen LogP contribution in [0.1, 0.15) is 11.5 Å². The van der Waals surface area contributed by atoms with Gasteiger partial charge in [-0.3, -0.25) is 4.79 Å². The van der Waals surface area contributed by atoms with Crippen LogP contribution in [-0.4, -0.2) is 17.6 Å². The number of para-hydroxylation sites is 1. The van der Waals surface area contributed by atoms with Crippen molar-refractivity contribution in [2.24, 2.45) is 0 Å². The van der Waals surface area contributed by atoms with E-state index in [0.29, 0.717) is 6.54 Å². The molecule has 0 bridgehead atoms. The fourth-order valence-corrected chi connectivity index (χ4v) is 2.27. The average Bonchev–Trinajstić information content (AvgIpc) is 2.42. The topological polar surface area (TPSA) is 49.3 Å². The molecular formula is C15H14BrNO2. The first-order valence-electron chi connectivity index (χ1n) is 5.94. The standard InChI is InChI=1S/C15H14BrNO2/c16-13-8-4-5-9-14(13)17-10-12(15(18)19)11-6-2-1-3-7-11/h1-9,12,17H,10H2,(H,18,19). The molecule has 0 aliphatic carbocycles. The van der Waals surface area contributed by atoms with Crippen molar-refractivity contribution < 1.29 is 9.90 Å². The molecule has 19 heavy (non-hydrogen) atoms. The molecule has 3 nitrogen and oxygen atoms in total. The molecule has 2 aromatic carbocycles. The van der Waals surface area contributed by atoms with Crippen LogP contribution in [0.15, 0.2) is 59.1 Å².